The van der Waals surface area contributed by atoms with Gasteiger partial charge in [0.2, 0.25) is 0 Å². The molecule has 0 aliphatic carbocycles. The second kappa shape index (κ2) is 8.97. The highest BCUT2D eigenvalue weighted by Crippen LogP contribution is 2.34. The Morgan fingerprint density at radius 2 is 1.70 bits per heavy atom. The predicted molar refractivity (Wildman–Crippen MR) is 124 cm³/mol. The highest BCUT2D eigenvalue weighted by molar-refractivity contribution is 9.10. The van der Waals surface area contributed by atoms with E-state index in [-0.39, 0.29) is 10.7 Å². The molecule has 1 N–H and O–H groups in total. The molecule has 1 aliphatic rings. The number of thiocarbonyl (C=S) groups is 1. The van der Waals surface area contributed by atoms with Gasteiger partial charge in [-0.15, -0.1) is 0 Å². The summed E-state index contributed by atoms with van der Waals surface area (Å²) in [6.45, 7) is 4.18. The molecule has 3 rings (SSSR count). The molecule has 0 radical (unpaired) electrons. The molecule has 2 amide bonds. The maximum Gasteiger partial charge on any atom is 0.270 e. The molecule has 8 heteroatoms. The fourth-order valence-corrected chi connectivity index (χ4v) is 3.86. The molecule has 0 bridgehead atoms. The maximum atomic E-state index is 13.2. The first-order valence-electron chi connectivity index (χ1n) is 9.19. The molecule has 1 saturated heterocycles. The van der Waals surface area contributed by atoms with Gasteiger partial charge in [-0.3, -0.25) is 19.8 Å². The first kappa shape index (κ1) is 22.0. The number of amides is 2. The van der Waals surface area contributed by atoms with Crippen molar-refractivity contribution in [2.75, 3.05) is 19.1 Å². The van der Waals surface area contributed by atoms with Crippen molar-refractivity contribution in [3.8, 4) is 11.5 Å². The van der Waals surface area contributed by atoms with E-state index in [0.717, 1.165) is 5.56 Å². The van der Waals surface area contributed by atoms with Crippen molar-refractivity contribution in [3.05, 3.63) is 57.6 Å². The summed E-state index contributed by atoms with van der Waals surface area (Å²) in [6, 6.07) is 10.9. The molecule has 0 saturated carbocycles. The van der Waals surface area contributed by atoms with E-state index in [4.69, 9.17) is 21.7 Å². The van der Waals surface area contributed by atoms with E-state index in [2.05, 4.69) is 35.1 Å². The van der Waals surface area contributed by atoms with Crippen LogP contribution in [0.5, 0.6) is 11.5 Å². The van der Waals surface area contributed by atoms with Gasteiger partial charge in [-0.25, -0.2) is 0 Å². The smallest absolute Gasteiger partial charge is 0.270 e. The minimum atomic E-state index is -0.561. The Hall–Kier alpha value is -2.71. The van der Waals surface area contributed by atoms with E-state index in [1.165, 1.54) is 18.1 Å². The van der Waals surface area contributed by atoms with Gasteiger partial charge in [0.15, 0.2) is 5.11 Å². The Morgan fingerprint density at radius 1 is 1.07 bits per heavy atom. The Morgan fingerprint density at radius 3 is 2.27 bits per heavy atom. The number of nitrogens with zero attached hydrogens (tertiary/aromatic N) is 1. The third-order valence-corrected chi connectivity index (χ3v) is 5.63. The van der Waals surface area contributed by atoms with Crippen LogP contribution in [-0.2, 0) is 9.59 Å². The first-order valence-corrected chi connectivity index (χ1v) is 10.4. The van der Waals surface area contributed by atoms with Crippen molar-refractivity contribution >= 4 is 56.8 Å². The van der Waals surface area contributed by atoms with Gasteiger partial charge in [-0.05, 0) is 63.9 Å². The van der Waals surface area contributed by atoms with Crippen molar-refractivity contribution in [2.45, 2.75) is 19.8 Å². The zero-order valence-corrected chi connectivity index (χ0v) is 19.4. The topological polar surface area (TPSA) is 67.9 Å². The fraction of sp³-hybridized carbons (Fsp3) is 0.227. The third-order valence-electron chi connectivity index (χ3n) is 4.72. The SMILES string of the molecule is COc1cc(OC)c(/C=C2\C(=O)NC(=S)N(c3ccc(C(C)C)cc3)C2=O)cc1Br. The van der Waals surface area contributed by atoms with Crippen LogP contribution in [0, 0.1) is 0 Å². The minimum Gasteiger partial charge on any atom is -0.496 e. The number of methoxy groups -OCH3 is 2. The van der Waals surface area contributed by atoms with Crippen LogP contribution in [0.3, 0.4) is 0 Å². The van der Waals surface area contributed by atoms with Crippen LogP contribution in [0.15, 0.2) is 46.4 Å². The summed E-state index contributed by atoms with van der Waals surface area (Å²) in [5.41, 5.74) is 2.23. The molecule has 0 aromatic heterocycles. The third kappa shape index (κ3) is 4.24. The number of ether oxygens (including phenoxy) is 2. The van der Waals surface area contributed by atoms with E-state index in [9.17, 15) is 9.59 Å². The second-order valence-electron chi connectivity index (χ2n) is 6.93. The monoisotopic (exact) mass is 488 g/mol. The van der Waals surface area contributed by atoms with E-state index in [0.29, 0.717) is 33.1 Å². The standard InChI is InChI=1S/C22H21BrN2O4S/c1-12(2)13-5-7-15(8-6-13)25-21(27)16(20(26)24-22(25)30)9-14-10-17(23)19(29-4)11-18(14)28-3/h5-12H,1-4H3,(H,24,26,30)/b16-9+. The molecule has 2 aromatic carbocycles. The number of carbonyl (C=O) groups excluding carboxylic acids is 2. The quantitative estimate of drug-likeness (QED) is 0.383. The van der Waals surface area contributed by atoms with Crippen LogP contribution in [0.25, 0.3) is 6.08 Å². The molecule has 2 aromatic rings. The van der Waals surface area contributed by atoms with Gasteiger partial charge in [-0.1, -0.05) is 26.0 Å². The van der Waals surface area contributed by atoms with Crippen molar-refractivity contribution < 1.29 is 19.1 Å². The highest BCUT2D eigenvalue weighted by Gasteiger charge is 2.34. The number of hydrogen-bond donors (Lipinski definition) is 1. The van der Waals surface area contributed by atoms with Gasteiger partial charge in [0.05, 0.1) is 24.4 Å². The van der Waals surface area contributed by atoms with Crippen LogP contribution in [0.4, 0.5) is 5.69 Å². The Kier molecular flexibility index (Phi) is 6.58. The van der Waals surface area contributed by atoms with Gasteiger partial charge >= 0.3 is 0 Å². The van der Waals surface area contributed by atoms with E-state index in [1.54, 1.807) is 19.2 Å². The summed E-state index contributed by atoms with van der Waals surface area (Å²) in [4.78, 5) is 27.1. The number of benzene rings is 2. The lowest BCUT2D eigenvalue weighted by atomic mass is 10.0. The largest absolute Gasteiger partial charge is 0.496 e. The summed E-state index contributed by atoms with van der Waals surface area (Å²) in [5.74, 6) is 0.328. The Balaban J connectivity index is 2.03. The van der Waals surface area contributed by atoms with Gasteiger partial charge < -0.3 is 9.47 Å². The maximum absolute atomic E-state index is 13.2. The number of hydrogen-bond acceptors (Lipinski definition) is 5. The normalized spacial score (nSPS) is 15.6. The summed E-state index contributed by atoms with van der Waals surface area (Å²) in [7, 11) is 3.05. The number of nitrogens with one attached hydrogen (secondary N) is 1. The zero-order chi connectivity index (χ0) is 22.0. The van der Waals surface area contributed by atoms with E-state index >= 15 is 0 Å². The molecular formula is C22H21BrN2O4S. The van der Waals surface area contributed by atoms with Crippen molar-refractivity contribution in [3.63, 3.8) is 0 Å². The van der Waals surface area contributed by atoms with Crippen LogP contribution in [0.1, 0.15) is 30.9 Å². The molecule has 1 aliphatic heterocycles. The summed E-state index contributed by atoms with van der Waals surface area (Å²) >= 11 is 8.68. The summed E-state index contributed by atoms with van der Waals surface area (Å²) in [6.07, 6.45) is 1.48. The number of anilines is 1. The predicted octanol–water partition coefficient (Wildman–Crippen LogP) is 4.42. The fourth-order valence-electron chi connectivity index (χ4n) is 3.05. The number of halogens is 1. The lowest BCUT2D eigenvalue weighted by molar-refractivity contribution is -0.122. The number of rotatable bonds is 5. The molecule has 156 valence electrons. The molecule has 30 heavy (non-hydrogen) atoms. The average molecular weight is 489 g/mol. The van der Waals surface area contributed by atoms with Crippen LogP contribution >= 0.6 is 28.1 Å². The molecule has 0 spiro atoms. The van der Waals surface area contributed by atoms with Crippen LogP contribution in [-0.4, -0.2) is 31.1 Å². The second-order valence-corrected chi connectivity index (χ2v) is 8.17. The van der Waals surface area contributed by atoms with Crippen LogP contribution in [0.2, 0.25) is 0 Å². The molecule has 1 fully saturated rings. The van der Waals surface area contributed by atoms with Crippen LogP contribution < -0.4 is 19.7 Å². The Bertz CT molecular complexity index is 1050. The number of carbonyl (C=O) groups is 2. The van der Waals surface area contributed by atoms with Crippen molar-refractivity contribution in [1.82, 2.24) is 5.32 Å². The highest BCUT2D eigenvalue weighted by atomic mass is 79.9. The average Bonchev–Trinajstić information content (AvgIpc) is 2.71. The first-order chi connectivity index (χ1) is 14.3. The summed E-state index contributed by atoms with van der Waals surface area (Å²) < 4.78 is 11.3. The van der Waals surface area contributed by atoms with Crippen molar-refractivity contribution in [1.29, 1.82) is 0 Å². The molecule has 0 unspecified atom stereocenters. The Labute approximate surface area is 189 Å². The lowest BCUT2D eigenvalue weighted by Gasteiger charge is -2.29. The van der Waals surface area contributed by atoms with Crippen molar-refractivity contribution in [2.24, 2.45) is 0 Å². The minimum absolute atomic E-state index is 0.0438. The molecule has 1 heterocycles. The summed E-state index contributed by atoms with van der Waals surface area (Å²) in [5, 5.41) is 2.64. The van der Waals surface area contributed by atoms with Gasteiger partial charge in [0.1, 0.15) is 17.1 Å². The van der Waals surface area contributed by atoms with Gasteiger partial charge in [0.25, 0.3) is 11.8 Å². The molecule has 6 nitrogen and oxygen atoms in total. The van der Waals surface area contributed by atoms with Gasteiger partial charge in [0, 0.05) is 11.6 Å². The molecular weight excluding hydrogens is 468 g/mol. The zero-order valence-electron chi connectivity index (χ0n) is 17.0. The van der Waals surface area contributed by atoms with E-state index < -0.39 is 11.8 Å². The molecule has 0 atom stereocenters. The van der Waals surface area contributed by atoms with E-state index in [1.807, 2.05) is 24.3 Å². The van der Waals surface area contributed by atoms with Gasteiger partial charge in [-0.2, -0.15) is 0 Å². The lowest BCUT2D eigenvalue weighted by Crippen LogP contribution is -2.54.